The predicted octanol–water partition coefficient (Wildman–Crippen LogP) is 3.27. The van der Waals surface area contributed by atoms with E-state index in [1.165, 1.54) is 5.56 Å². The van der Waals surface area contributed by atoms with Crippen LogP contribution in [0.5, 0.6) is 5.75 Å². The van der Waals surface area contributed by atoms with E-state index in [2.05, 4.69) is 47.8 Å². The van der Waals surface area contributed by atoms with Crippen LogP contribution in [0.4, 0.5) is 0 Å². The lowest BCUT2D eigenvalue weighted by Crippen LogP contribution is -2.23. The van der Waals surface area contributed by atoms with Crippen LogP contribution in [0.2, 0.25) is 0 Å². The molecule has 0 radical (unpaired) electrons. The molecule has 0 fully saturated rings. The first kappa shape index (κ1) is 15.6. The standard InChI is InChI=1S/C17H25N3O/c1-14(2)12-21-17-6-4-16(5-7-17)15(3)19-9-11-20-10-8-18-13-20/h4-8,10,13-15,19H,9,11-12H2,1-3H3. The van der Waals surface area contributed by atoms with Crippen molar-refractivity contribution in [2.75, 3.05) is 13.2 Å². The molecule has 1 unspecified atom stereocenters. The summed E-state index contributed by atoms with van der Waals surface area (Å²) in [5.41, 5.74) is 1.28. The number of imidazole rings is 1. The molecule has 2 aromatic rings. The van der Waals surface area contributed by atoms with Crippen molar-refractivity contribution >= 4 is 0 Å². The molecule has 0 amide bonds. The number of hydrogen-bond acceptors (Lipinski definition) is 3. The lowest BCUT2D eigenvalue weighted by Gasteiger charge is -2.15. The molecule has 0 bridgehead atoms. The van der Waals surface area contributed by atoms with Gasteiger partial charge in [0, 0.05) is 31.5 Å². The van der Waals surface area contributed by atoms with Crippen LogP contribution in [0.15, 0.2) is 43.0 Å². The van der Waals surface area contributed by atoms with Crippen LogP contribution < -0.4 is 10.1 Å². The van der Waals surface area contributed by atoms with Gasteiger partial charge in [-0.25, -0.2) is 4.98 Å². The van der Waals surface area contributed by atoms with Crippen molar-refractivity contribution in [1.29, 1.82) is 0 Å². The molecular weight excluding hydrogens is 262 g/mol. The Balaban J connectivity index is 1.77. The molecule has 2 rings (SSSR count). The minimum absolute atomic E-state index is 0.327. The number of nitrogens with zero attached hydrogens (tertiary/aromatic N) is 2. The van der Waals surface area contributed by atoms with E-state index in [9.17, 15) is 0 Å². The van der Waals surface area contributed by atoms with E-state index in [4.69, 9.17) is 4.74 Å². The van der Waals surface area contributed by atoms with Crippen LogP contribution in [0.1, 0.15) is 32.4 Å². The number of ether oxygens (including phenoxy) is 1. The SMILES string of the molecule is CC(C)COc1ccc(C(C)NCCn2ccnc2)cc1. The van der Waals surface area contributed by atoms with Gasteiger partial charge >= 0.3 is 0 Å². The van der Waals surface area contributed by atoms with Crippen LogP contribution in [0.25, 0.3) is 0 Å². The fraction of sp³-hybridized carbons (Fsp3) is 0.471. The second kappa shape index (κ2) is 7.84. The second-order valence-electron chi connectivity index (χ2n) is 5.75. The molecule has 1 aromatic heterocycles. The van der Waals surface area contributed by atoms with Crippen molar-refractivity contribution in [2.45, 2.75) is 33.4 Å². The Morgan fingerprint density at radius 1 is 1.19 bits per heavy atom. The van der Waals surface area contributed by atoms with Crippen LogP contribution in [0.3, 0.4) is 0 Å². The van der Waals surface area contributed by atoms with Gasteiger partial charge < -0.3 is 14.6 Å². The Labute approximate surface area is 127 Å². The highest BCUT2D eigenvalue weighted by Gasteiger charge is 2.05. The van der Waals surface area contributed by atoms with Crippen LogP contribution >= 0.6 is 0 Å². The molecule has 0 aliphatic heterocycles. The summed E-state index contributed by atoms with van der Waals surface area (Å²) < 4.78 is 7.77. The molecule has 0 spiro atoms. The molecule has 4 nitrogen and oxygen atoms in total. The van der Waals surface area contributed by atoms with Gasteiger partial charge in [0.2, 0.25) is 0 Å². The smallest absolute Gasteiger partial charge is 0.119 e. The summed E-state index contributed by atoms with van der Waals surface area (Å²) in [4.78, 5) is 4.04. The van der Waals surface area contributed by atoms with Gasteiger partial charge in [0.05, 0.1) is 12.9 Å². The summed E-state index contributed by atoms with van der Waals surface area (Å²) in [6, 6.07) is 8.68. The van der Waals surface area contributed by atoms with E-state index >= 15 is 0 Å². The van der Waals surface area contributed by atoms with Crippen LogP contribution in [-0.4, -0.2) is 22.7 Å². The number of hydrogen-bond donors (Lipinski definition) is 1. The highest BCUT2D eigenvalue weighted by atomic mass is 16.5. The summed E-state index contributed by atoms with van der Waals surface area (Å²) in [6.07, 6.45) is 5.62. The van der Waals surface area contributed by atoms with Crippen LogP contribution in [-0.2, 0) is 6.54 Å². The molecule has 0 saturated heterocycles. The van der Waals surface area contributed by atoms with E-state index in [1.54, 1.807) is 6.20 Å². The van der Waals surface area contributed by atoms with Gasteiger partial charge in [-0.1, -0.05) is 26.0 Å². The summed E-state index contributed by atoms with van der Waals surface area (Å²) in [7, 11) is 0. The maximum Gasteiger partial charge on any atom is 0.119 e. The molecular formula is C17H25N3O. The normalized spacial score (nSPS) is 12.6. The average molecular weight is 287 g/mol. The highest BCUT2D eigenvalue weighted by molar-refractivity contribution is 5.28. The molecule has 1 aromatic carbocycles. The topological polar surface area (TPSA) is 39.1 Å². The largest absolute Gasteiger partial charge is 0.493 e. The molecule has 0 aliphatic carbocycles. The van der Waals surface area contributed by atoms with E-state index in [0.29, 0.717) is 12.0 Å². The fourth-order valence-corrected chi connectivity index (χ4v) is 2.06. The van der Waals surface area contributed by atoms with E-state index in [-0.39, 0.29) is 0 Å². The lowest BCUT2D eigenvalue weighted by atomic mass is 10.1. The zero-order valence-electron chi connectivity index (χ0n) is 13.1. The second-order valence-corrected chi connectivity index (χ2v) is 5.75. The van der Waals surface area contributed by atoms with Crippen LogP contribution in [0, 0.1) is 5.92 Å². The highest BCUT2D eigenvalue weighted by Crippen LogP contribution is 2.18. The van der Waals surface area contributed by atoms with Gasteiger partial charge in [-0.05, 0) is 30.5 Å². The van der Waals surface area contributed by atoms with Crippen molar-refractivity contribution in [3.8, 4) is 5.75 Å². The van der Waals surface area contributed by atoms with Gasteiger partial charge in [-0.15, -0.1) is 0 Å². The quantitative estimate of drug-likeness (QED) is 0.810. The predicted molar refractivity (Wildman–Crippen MR) is 85.4 cm³/mol. The van der Waals surface area contributed by atoms with E-state index in [0.717, 1.165) is 25.4 Å². The summed E-state index contributed by atoms with van der Waals surface area (Å²) >= 11 is 0. The first-order valence-electron chi connectivity index (χ1n) is 7.57. The summed E-state index contributed by atoms with van der Waals surface area (Å²) in [6.45, 7) is 9.10. The van der Waals surface area contributed by atoms with Crippen molar-refractivity contribution in [3.05, 3.63) is 48.5 Å². The molecule has 0 aliphatic rings. The van der Waals surface area contributed by atoms with Crippen molar-refractivity contribution in [2.24, 2.45) is 5.92 Å². The minimum atomic E-state index is 0.327. The zero-order valence-corrected chi connectivity index (χ0v) is 13.1. The third kappa shape index (κ3) is 5.23. The van der Waals surface area contributed by atoms with Crippen molar-refractivity contribution < 1.29 is 4.74 Å². The van der Waals surface area contributed by atoms with Gasteiger partial charge in [-0.2, -0.15) is 0 Å². The first-order chi connectivity index (χ1) is 10.1. The third-order valence-corrected chi connectivity index (χ3v) is 3.34. The lowest BCUT2D eigenvalue weighted by molar-refractivity contribution is 0.271. The van der Waals surface area contributed by atoms with E-state index < -0.39 is 0 Å². The molecule has 0 saturated carbocycles. The van der Waals surface area contributed by atoms with Crippen molar-refractivity contribution in [3.63, 3.8) is 0 Å². The summed E-state index contributed by atoms with van der Waals surface area (Å²) in [5, 5.41) is 3.52. The Bertz CT molecular complexity index is 505. The van der Waals surface area contributed by atoms with E-state index in [1.807, 2.05) is 24.7 Å². The Morgan fingerprint density at radius 2 is 1.95 bits per heavy atom. The summed E-state index contributed by atoms with van der Waals surface area (Å²) in [5.74, 6) is 1.49. The van der Waals surface area contributed by atoms with Crippen molar-refractivity contribution in [1.82, 2.24) is 14.9 Å². The molecule has 1 atom stereocenters. The molecule has 114 valence electrons. The number of rotatable bonds is 8. The number of nitrogens with one attached hydrogen (secondary N) is 1. The number of aromatic nitrogens is 2. The third-order valence-electron chi connectivity index (χ3n) is 3.34. The maximum absolute atomic E-state index is 5.70. The maximum atomic E-state index is 5.70. The first-order valence-corrected chi connectivity index (χ1v) is 7.57. The molecule has 1 N–H and O–H groups in total. The Hall–Kier alpha value is -1.81. The molecule has 21 heavy (non-hydrogen) atoms. The van der Waals surface area contributed by atoms with Gasteiger partial charge in [0.1, 0.15) is 5.75 Å². The zero-order chi connectivity index (χ0) is 15.1. The minimum Gasteiger partial charge on any atom is -0.493 e. The van der Waals surface area contributed by atoms with Gasteiger partial charge in [0.15, 0.2) is 0 Å². The molecule has 4 heteroatoms. The van der Waals surface area contributed by atoms with Gasteiger partial charge in [-0.3, -0.25) is 0 Å². The Morgan fingerprint density at radius 3 is 2.57 bits per heavy atom. The average Bonchev–Trinajstić information content (AvgIpc) is 2.99. The Kier molecular flexibility index (Phi) is 5.81. The fourth-order valence-electron chi connectivity index (χ4n) is 2.06. The monoisotopic (exact) mass is 287 g/mol. The number of benzene rings is 1. The van der Waals surface area contributed by atoms with Gasteiger partial charge in [0.25, 0.3) is 0 Å². The molecule has 1 heterocycles.